The highest BCUT2D eigenvalue weighted by Gasteiger charge is 2.23. The first-order valence-corrected chi connectivity index (χ1v) is 9.56. The van der Waals surface area contributed by atoms with E-state index in [-0.39, 0.29) is 23.9 Å². The van der Waals surface area contributed by atoms with Gasteiger partial charge in [0.25, 0.3) is 0 Å². The number of ether oxygens (including phenoxy) is 1. The topological polar surface area (TPSA) is 105 Å². The average Bonchev–Trinajstić information content (AvgIpc) is 2.58. The molecule has 2 aromatic carbocycles. The van der Waals surface area contributed by atoms with Gasteiger partial charge in [0.1, 0.15) is 12.8 Å². The summed E-state index contributed by atoms with van der Waals surface area (Å²) in [6, 6.07) is 15.6. The molecule has 3 N–H and O–H groups in total. The molecule has 0 saturated carbocycles. The Kier molecular flexibility index (Phi) is 9.03. The number of halogens is 2. The molecule has 0 aliphatic carbocycles. The Morgan fingerprint density at radius 2 is 1.73 bits per heavy atom. The Morgan fingerprint density at radius 3 is 2.35 bits per heavy atom. The molecule has 1 atom stereocenters. The summed E-state index contributed by atoms with van der Waals surface area (Å²) in [5.74, 6) is 0. The molecule has 0 spiro atoms. The fourth-order valence-corrected chi connectivity index (χ4v) is 4.20. The van der Waals surface area contributed by atoms with Crippen molar-refractivity contribution < 1.29 is 23.1 Å². The summed E-state index contributed by atoms with van der Waals surface area (Å²) in [6.07, 6.45) is -2.40. The summed E-state index contributed by atoms with van der Waals surface area (Å²) >= 11 is 3.20. The predicted molar refractivity (Wildman–Crippen MR) is 103 cm³/mol. The highest BCUT2D eigenvalue weighted by atomic mass is 79.9. The molecule has 0 fully saturated rings. The Morgan fingerprint density at radius 1 is 1.12 bits per heavy atom. The molecule has 0 radical (unpaired) electrons. The molecule has 0 saturated heterocycles. The second-order valence-electron chi connectivity index (χ2n) is 5.05. The minimum absolute atomic E-state index is 0. The van der Waals surface area contributed by atoms with Gasteiger partial charge in [-0.05, 0) is 33.6 Å². The van der Waals surface area contributed by atoms with Gasteiger partial charge in [-0.3, -0.25) is 5.32 Å². The Labute approximate surface area is 166 Å². The highest BCUT2D eigenvalue weighted by molar-refractivity contribution is 9.10. The number of hydrogen-bond acceptors (Lipinski definition) is 5. The lowest BCUT2D eigenvalue weighted by Crippen LogP contribution is -2.48. The molecule has 10 heteroatoms. The maximum atomic E-state index is 12.5. The molecule has 0 aliphatic heterocycles. The Balaban J connectivity index is 0.00000338. The fourth-order valence-electron chi connectivity index (χ4n) is 2.04. The van der Waals surface area contributed by atoms with Gasteiger partial charge in [-0.25, -0.2) is 13.2 Å². The minimum atomic E-state index is -3.87. The first-order valence-electron chi connectivity index (χ1n) is 7.28. The van der Waals surface area contributed by atoms with Crippen molar-refractivity contribution in [2.24, 2.45) is 0 Å². The van der Waals surface area contributed by atoms with Crippen LogP contribution in [0.2, 0.25) is 0 Å². The molecule has 26 heavy (non-hydrogen) atoms. The lowest BCUT2D eigenvalue weighted by molar-refractivity contribution is 0.0807. The number of carbonyl (C=O) groups is 1. The monoisotopic (exact) mass is 464 g/mol. The molecule has 0 heterocycles. The van der Waals surface area contributed by atoms with Crippen LogP contribution in [0.3, 0.4) is 0 Å². The molecule has 2 rings (SSSR count). The van der Waals surface area contributed by atoms with Crippen molar-refractivity contribution in [3.63, 3.8) is 0 Å². The van der Waals surface area contributed by atoms with E-state index in [1.807, 2.05) is 30.3 Å². The number of carboxylic acid groups (broad SMARTS) is 1. The predicted octanol–water partition coefficient (Wildman–Crippen LogP) is 2.96. The molecule has 2 aromatic rings. The van der Waals surface area contributed by atoms with E-state index in [0.29, 0.717) is 11.0 Å². The van der Waals surface area contributed by atoms with Crippen LogP contribution in [0.5, 0.6) is 0 Å². The van der Waals surface area contributed by atoms with Crippen LogP contribution >= 0.6 is 28.3 Å². The van der Waals surface area contributed by atoms with Gasteiger partial charge in [0.15, 0.2) is 0 Å². The van der Waals surface area contributed by atoms with Gasteiger partial charge >= 0.3 is 6.16 Å². The summed E-state index contributed by atoms with van der Waals surface area (Å²) in [5.41, 5.74) is 0.919. The van der Waals surface area contributed by atoms with Crippen LogP contribution in [0.1, 0.15) is 5.56 Å². The van der Waals surface area contributed by atoms with Crippen molar-refractivity contribution in [3.8, 4) is 0 Å². The number of benzene rings is 2. The molecule has 7 nitrogen and oxygen atoms in total. The van der Waals surface area contributed by atoms with Gasteiger partial charge in [0.2, 0.25) is 10.0 Å². The quantitative estimate of drug-likeness (QED) is 0.409. The van der Waals surface area contributed by atoms with Gasteiger partial charge in [-0.2, -0.15) is 4.72 Å². The van der Waals surface area contributed by atoms with E-state index >= 15 is 0 Å². The Hall–Kier alpha value is -1.65. The lowest BCUT2D eigenvalue weighted by atomic mass is 10.2. The van der Waals surface area contributed by atoms with E-state index in [1.54, 1.807) is 18.2 Å². The summed E-state index contributed by atoms with van der Waals surface area (Å²) in [4.78, 5) is 10.7. The van der Waals surface area contributed by atoms with Crippen molar-refractivity contribution in [2.45, 2.75) is 17.6 Å². The van der Waals surface area contributed by atoms with Crippen LogP contribution in [0, 0.1) is 0 Å². The molecule has 0 aromatic heterocycles. The largest absolute Gasteiger partial charge is 0.505 e. The summed E-state index contributed by atoms with van der Waals surface area (Å²) < 4.78 is 32.4. The molecule has 0 aliphatic rings. The second kappa shape index (κ2) is 10.5. The third kappa shape index (κ3) is 6.93. The van der Waals surface area contributed by atoms with Gasteiger partial charge in [-0.1, -0.05) is 42.5 Å². The number of sulfonamides is 1. The summed E-state index contributed by atoms with van der Waals surface area (Å²) in [5, 5.41) is 11.6. The molecule has 142 valence electrons. The van der Waals surface area contributed by atoms with Crippen LogP contribution in [0.25, 0.3) is 0 Å². The Bertz CT molecular complexity index is 820. The van der Waals surface area contributed by atoms with Crippen molar-refractivity contribution in [3.05, 3.63) is 64.6 Å². The van der Waals surface area contributed by atoms with E-state index in [9.17, 15) is 13.2 Å². The van der Waals surface area contributed by atoms with Crippen molar-refractivity contribution in [1.29, 1.82) is 0 Å². The third-order valence-electron chi connectivity index (χ3n) is 3.19. The first-order chi connectivity index (χ1) is 11.9. The maximum absolute atomic E-state index is 12.5. The van der Waals surface area contributed by atoms with Crippen LogP contribution < -0.4 is 10.0 Å². The zero-order chi connectivity index (χ0) is 18.3. The van der Waals surface area contributed by atoms with E-state index in [4.69, 9.17) is 5.11 Å². The van der Waals surface area contributed by atoms with Gasteiger partial charge in [0, 0.05) is 11.0 Å². The minimum Gasteiger partial charge on any atom is -0.450 e. The van der Waals surface area contributed by atoms with Crippen molar-refractivity contribution in [2.75, 3.05) is 6.61 Å². The van der Waals surface area contributed by atoms with Crippen molar-refractivity contribution in [1.82, 2.24) is 10.0 Å². The number of nitrogens with one attached hydrogen (secondary N) is 2. The number of hydrogen-bond donors (Lipinski definition) is 3. The summed E-state index contributed by atoms with van der Waals surface area (Å²) in [6.45, 7) is -0.0290. The lowest BCUT2D eigenvalue weighted by Gasteiger charge is -2.20. The van der Waals surface area contributed by atoms with Crippen LogP contribution in [0.15, 0.2) is 64.0 Å². The average molecular weight is 466 g/mol. The zero-order valence-electron chi connectivity index (χ0n) is 13.5. The van der Waals surface area contributed by atoms with Crippen LogP contribution in [0.4, 0.5) is 4.79 Å². The molecule has 0 bridgehead atoms. The van der Waals surface area contributed by atoms with E-state index in [2.05, 4.69) is 30.7 Å². The normalized spacial score (nSPS) is 12.0. The van der Waals surface area contributed by atoms with E-state index in [1.165, 1.54) is 6.07 Å². The smallest absolute Gasteiger partial charge is 0.450 e. The fraction of sp³-hybridized carbons (Fsp3) is 0.188. The van der Waals surface area contributed by atoms with Crippen LogP contribution in [-0.2, 0) is 21.3 Å². The standard InChI is InChI=1S/C16H17BrN2O5S.ClH/c17-13-8-4-5-9-14(13)25(22,23)19-15(11-24-16(20)21)18-10-12-6-2-1-3-7-12;/h1-9,15,18-19H,10-11H2,(H,20,21);1H. The van der Waals surface area contributed by atoms with E-state index in [0.717, 1.165) is 5.56 Å². The molecule has 1 unspecified atom stereocenters. The van der Waals surface area contributed by atoms with Crippen LogP contribution in [-0.4, -0.2) is 32.5 Å². The second-order valence-corrected chi connectivity index (χ2v) is 7.58. The third-order valence-corrected chi connectivity index (χ3v) is 5.68. The van der Waals surface area contributed by atoms with Gasteiger partial charge < -0.3 is 9.84 Å². The van der Waals surface area contributed by atoms with E-state index < -0.39 is 22.3 Å². The number of rotatable bonds is 8. The van der Waals surface area contributed by atoms with Crippen molar-refractivity contribution >= 4 is 44.5 Å². The maximum Gasteiger partial charge on any atom is 0.505 e. The molecule has 0 amide bonds. The zero-order valence-corrected chi connectivity index (χ0v) is 16.7. The summed E-state index contributed by atoms with van der Waals surface area (Å²) in [7, 11) is -3.87. The highest BCUT2D eigenvalue weighted by Crippen LogP contribution is 2.21. The molecular formula is C16H18BrClN2O5S. The SMILES string of the molecule is Cl.O=C(O)OCC(NCc1ccccc1)NS(=O)(=O)c1ccccc1Br. The molecular weight excluding hydrogens is 448 g/mol. The van der Waals surface area contributed by atoms with Gasteiger partial charge in [-0.15, -0.1) is 12.4 Å². The first kappa shape index (κ1) is 22.4. The van der Waals surface area contributed by atoms with Gasteiger partial charge in [0.05, 0.1) is 4.90 Å².